The van der Waals surface area contributed by atoms with Crippen molar-refractivity contribution in [3.05, 3.63) is 0 Å². The number of unbranched alkanes of at least 4 members (excludes halogenated alkanes) is 1. The third-order valence-electron chi connectivity index (χ3n) is 12.7. The molecule has 1 unspecified atom stereocenters. The summed E-state index contributed by atoms with van der Waals surface area (Å²) in [5.41, 5.74) is 5.70. The minimum absolute atomic E-state index is 0.0913. The Kier molecular flexibility index (Phi) is 27.7. The molecule has 0 spiro atoms. The largest absolute Gasteiger partial charge is 0.481 e. The van der Waals surface area contributed by atoms with E-state index in [1.54, 1.807) is 0 Å². The van der Waals surface area contributed by atoms with E-state index in [2.05, 4.69) is 41.4 Å². The van der Waals surface area contributed by atoms with Crippen molar-refractivity contribution in [2.45, 2.75) is 175 Å². The normalized spacial score (nSPS) is 29.0. The third-order valence-corrected chi connectivity index (χ3v) is 13.2. The van der Waals surface area contributed by atoms with Crippen LogP contribution in [-0.2, 0) is 76.7 Å². The molecule has 0 aromatic heterocycles. The van der Waals surface area contributed by atoms with Crippen LogP contribution in [0.15, 0.2) is 0 Å². The first-order valence-electron chi connectivity index (χ1n) is 24.9. The molecule has 0 aromatic carbocycles. The monoisotopic (exact) mass is 1180 g/mol. The van der Waals surface area contributed by atoms with Crippen LogP contribution >= 0.6 is 0 Å². The van der Waals surface area contributed by atoms with Gasteiger partial charge in [0.05, 0.1) is 57.3 Å². The maximum Gasteiger partial charge on any atom is 0.397 e. The average Bonchev–Trinajstić information content (AvgIpc) is 3.80. The molecule has 3 rings (SSSR count). The van der Waals surface area contributed by atoms with Crippen LogP contribution in [0.5, 0.6) is 0 Å². The van der Waals surface area contributed by atoms with Gasteiger partial charge in [0, 0.05) is 20.3 Å². The van der Waals surface area contributed by atoms with Crippen LogP contribution in [0.4, 0.5) is 0 Å². The summed E-state index contributed by atoms with van der Waals surface area (Å²) in [6.45, 7) is -1.84. The van der Waals surface area contributed by atoms with E-state index in [-0.39, 0.29) is 32.2 Å². The quantitative estimate of drug-likeness (QED) is 0.0220. The summed E-state index contributed by atoms with van der Waals surface area (Å²) in [5, 5.41) is 120. The summed E-state index contributed by atoms with van der Waals surface area (Å²) in [5.74, 6) is -10.9. The Bertz CT molecular complexity index is 2240. The molecule has 458 valence electrons. The topological polar surface area (TPSA) is 579 Å². The van der Waals surface area contributed by atoms with Crippen molar-refractivity contribution < 1.29 is 130 Å². The Morgan fingerprint density at radius 2 is 1.21 bits per heavy atom. The number of aliphatic carboxylic acids is 2. The molecule has 3 heterocycles. The molecule has 3 saturated heterocycles. The fraction of sp³-hybridized carbons (Fsp3) is 0.791. The predicted molar refractivity (Wildman–Crippen MR) is 260 cm³/mol. The number of aliphatic hydroxyl groups is 8. The van der Waals surface area contributed by atoms with Gasteiger partial charge in [0.25, 0.3) is 0 Å². The summed E-state index contributed by atoms with van der Waals surface area (Å²) in [6, 6.07) is -15.3. The van der Waals surface area contributed by atoms with Crippen LogP contribution in [0.2, 0.25) is 0 Å². The van der Waals surface area contributed by atoms with Crippen LogP contribution in [0.1, 0.15) is 59.3 Å². The zero-order chi connectivity index (χ0) is 60.3. The SMILES string of the molecule is CC(=O)N[C@H]1[C@H](O[C@H]2C[C@@H](C(=O)NC(CCCCN)C(=O)N[C@H](C(=O)N[C@@H](CO)C(=O)N[C@@H](CCC(=O)O)C(=O)N[C@@H](CO)C(=O)O)[C@@H](C)O[C@@H]3O[C@H](CO)[C@@H](O)[C@H](O)[C@H]3NC(C)=O)N[C@@H]2CO)O[C@H](CO)[C@@H](OS(=O)(=O)O)[C@@H]1O. The van der Waals surface area contributed by atoms with E-state index in [1.165, 1.54) is 0 Å². The van der Waals surface area contributed by atoms with Crippen molar-refractivity contribution in [3.63, 3.8) is 0 Å². The van der Waals surface area contributed by atoms with E-state index >= 15 is 0 Å². The zero-order valence-corrected chi connectivity index (χ0v) is 44.2. The lowest BCUT2D eigenvalue weighted by Crippen LogP contribution is -2.66. The molecule has 36 nitrogen and oxygen atoms in total. The molecule has 0 bridgehead atoms. The van der Waals surface area contributed by atoms with Crippen molar-refractivity contribution in [2.24, 2.45) is 5.73 Å². The van der Waals surface area contributed by atoms with Crippen LogP contribution in [0, 0.1) is 0 Å². The van der Waals surface area contributed by atoms with Gasteiger partial charge in [-0.3, -0.25) is 48.2 Å². The van der Waals surface area contributed by atoms with Crippen molar-refractivity contribution >= 4 is 63.7 Å². The van der Waals surface area contributed by atoms with Gasteiger partial charge in [-0.1, -0.05) is 0 Å². The first-order valence-corrected chi connectivity index (χ1v) is 26.2. The number of ether oxygens (including phenoxy) is 4. The van der Waals surface area contributed by atoms with Gasteiger partial charge in [-0.15, -0.1) is 0 Å². The highest BCUT2D eigenvalue weighted by atomic mass is 32.3. The van der Waals surface area contributed by atoms with Crippen LogP contribution in [0.25, 0.3) is 0 Å². The number of amides is 7. The summed E-state index contributed by atoms with van der Waals surface area (Å²) in [7, 11) is -5.26. The number of rotatable bonds is 32. The maximum absolute atomic E-state index is 14.5. The van der Waals surface area contributed by atoms with Crippen molar-refractivity contribution in [1.82, 2.24) is 42.5 Å². The number of carboxylic acids is 2. The maximum atomic E-state index is 14.5. The second-order valence-electron chi connectivity index (χ2n) is 18.8. The number of hydrogen-bond acceptors (Lipinski definition) is 26. The molecule has 0 aliphatic carbocycles. The summed E-state index contributed by atoms with van der Waals surface area (Å²) >= 11 is 0. The summed E-state index contributed by atoms with van der Waals surface area (Å²) in [4.78, 5) is 117. The molecule has 80 heavy (non-hydrogen) atoms. The predicted octanol–water partition coefficient (Wildman–Crippen LogP) is -11.3. The summed E-state index contributed by atoms with van der Waals surface area (Å²) < 4.78 is 60.1. The Balaban J connectivity index is 1.99. The standard InChI is InChI=1S/C43H73N9O27S/c1-16(75-42-30(45-17(2)58)33(63)32(62)26(14-56)77-42)29(40(69)50-23(12-54)39(68)49-20(7-8-28(60)61)36(65)51-24(13-55)41(70)71)52-37(66)19(6-4-5-9-44)48-38(67)21-10-25(22(11-53)47-21)76-43-31(46-18(3)59)34(64)35(27(15-57)78-43)79-80(72,73)74/h16,19-27,29-35,42-43,47,53-57,62-64H,4-15,44H2,1-3H3,(H,45,58)(H,46,59)(H,48,67)(H,49,68)(H,50,69)(H,51,65)(H,52,66)(H,60,61)(H,70,71)(H,72,73,74)/t16-,19?,20+,21+,22-,23+,24+,25+,26-,27-,29+,30-,31-,32-,33-,34-,35-,42-,43-/m1/s1. The van der Waals surface area contributed by atoms with Crippen molar-refractivity contribution in [1.29, 1.82) is 0 Å². The Morgan fingerprint density at radius 1 is 0.675 bits per heavy atom. The second kappa shape index (κ2) is 32.3. The van der Waals surface area contributed by atoms with E-state index in [9.17, 15) is 107 Å². The number of hydrogen-bond donors (Lipinski definition) is 20. The van der Waals surface area contributed by atoms with Gasteiger partial charge in [0.1, 0.15) is 78.9 Å². The van der Waals surface area contributed by atoms with Crippen LogP contribution in [-0.4, -0.2) is 273 Å². The molecule has 37 heteroatoms. The number of aliphatic hydroxyl groups excluding tert-OH is 8. The Morgan fingerprint density at radius 3 is 1.74 bits per heavy atom. The highest BCUT2D eigenvalue weighted by Gasteiger charge is 2.52. The Labute approximate surface area is 456 Å². The van der Waals surface area contributed by atoms with Crippen LogP contribution in [0.3, 0.4) is 0 Å². The second-order valence-corrected chi connectivity index (χ2v) is 19.8. The van der Waals surface area contributed by atoms with Gasteiger partial charge in [0.15, 0.2) is 12.6 Å². The molecule has 21 N–H and O–H groups in total. The van der Waals surface area contributed by atoms with Gasteiger partial charge in [-0.25, -0.2) is 8.98 Å². The lowest BCUT2D eigenvalue weighted by atomic mass is 9.96. The van der Waals surface area contributed by atoms with Gasteiger partial charge in [-0.05, 0) is 45.6 Å². The van der Waals surface area contributed by atoms with Gasteiger partial charge in [-0.2, -0.15) is 8.42 Å². The van der Waals surface area contributed by atoms with E-state index in [4.69, 9.17) is 24.7 Å². The first kappa shape index (κ1) is 68.8. The smallest absolute Gasteiger partial charge is 0.397 e. The lowest BCUT2D eigenvalue weighted by molar-refractivity contribution is -0.281. The van der Waals surface area contributed by atoms with Gasteiger partial charge >= 0.3 is 22.3 Å². The minimum atomic E-state index is -5.26. The number of nitrogens with two attached hydrogens (primary N) is 1. The molecule has 3 fully saturated rings. The van der Waals surface area contributed by atoms with Crippen LogP contribution < -0.4 is 48.3 Å². The number of carbonyl (C=O) groups is 9. The molecular formula is C43H73N9O27S. The van der Waals surface area contributed by atoms with E-state index in [1.807, 2.05) is 5.32 Å². The van der Waals surface area contributed by atoms with E-state index < -0.39 is 225 Å². The highest BCUT2D eigenvalue weighted by Crippen LogP contribution is 2.30. The van der Waals surface area contributed by atoms with Crippen molar-refractivity contribution in [3.8, 4) is 0 Å². The van der Waals surface area contributed by atoms with E-state index in [0.717, 1.165) is 20.8 Å². The summed E-state index contributed by atoms with van der Waals surface area (Å²) in [6.07, 6.45) is -19.2. The first-order chi connectivity index (χ1) is 37.5. The zero-order valence-electron chi connectivity index (χ0n) is 43.4. The Hall–Kier alpha value is -5.46. The lowest BCUT2D eigenvalue weighted by Gasteiger charge is -2.44. The fourth-order valence-corrected chi connectivity index (χ4v) is 9.14. The fourth-order valence-electron chi connectivity index (χ4n) is 8.62. The number of nitrogens with one attached hydrogen (secondary N) is 8. The molecule has 3 aliphatic rings. The molecule has 7 amide bonds. The number of carboxylic acid groups (broad SMARTS) is 2. The third kappa shape index (κ3) is 20.2. The average molecular weight is 1180 g/mol. The molecule has 19 atom stereocenters. The molecular weight excluding hydrogens is 1110 g/mol. The minimum Gasteiger partial charge on any atom is -0.481 e. The number of carbonyl (C=O) groups excluding carboxylic acids is 7. The molecule has 0 saturated carbocycles. The van der Waals surface area contributed by atoms with E-state index in [0.29, 0.717) is 0 Å². The molecule has 0 radical (unpaired) electrons. The van der Waals surface area contributed by atoms with Gasteiger partial charge < -0.3 is 113 Å². The molecule has 3 aliphatic heterocycles. The molecule has 0 aromatic rings. The van der Waals surface area contributed by atoms with Crippen molar-refractivity contribution in [2.75, 3.05) is 39.6 Å². The van der Waals surface area contributed by atoms with Gasteiger partial charge in [0.2, 0.25) is 41.4 Å². The highest BCUT2D eigenvalue weighted by molar-refractivity contribution is 7.80.